The molecule has 0 unspecified atom stereocenters. The van der Waals surface area contributed by atoms with Crippen LogP contribution in [0.25, 0.3) is 6.08 Å². The van der Waals surface area contributed by atoms with Crippen molar-refractivity contribution in [3.63, 3.8) is 0 Å². The van der Waals surface area contributed by atoms with Gasteiger partial charge < -0.3 is 9.47 Å². The molecular formula is C14H12N2O6. The highest BCUT2D eigenvalue weighted by atomic mass is 16.6. The summed E-state index contributed by atoms with van der Waals surface area (Å²) in [5, 5.41) is 3.93. The Morgan fingerprint density at radius 1 is 1.14 bits per heavy atom. The molecule has 1 saturated heterocycles. The van der Waals surface area contributed by atoms with Gasteiger partial charge in [0.25, 0.3) is 11.8 Å². The minimum atomic E-state index is -0.873. The van der Waals surface area contributed by atoms with E-state index in [-0.39, 0.29) is 17.9 Å². The molecule has 0 aromatic heterocycles. The van der Waals surface area contributed by atoms with Crippen molar-refractivity contribution in [2.45, 2.75) is 0 Å². The molecule has 1 aromatic rings. The third-order valence-corrected chi connectivity index (χ3v) is 2.74. The normalized spacial score (nSPS) is 14.0. The molecular weight excluding hydrogens is 292 g/mol. The van der Waals surface area contributed by atoms with E-state index in [0.717, 1.165) is 0 Å². The van der Waals surface area contributed by atoms with Gasteiger partial charge in [-0.15, -0.1) is 0 Å². The van der Waals surface area contributed by atoms with Crippen LogP contribution in [0.15, 0.2) is 29.8 Å². The van der Waals surface area contributed by atoms with Crippen molar-refractivity contribution in [2.24, 2.45) is 0 Å². The second kappa shape index (κ2) is 6.53. The van der Waals surface area contributed by atoms with Crippen LogP contribution in [0.3, 0.4) is 0 Å². The van der Waals surface area contributed by atoms with E-state index < -0.39 is 23.8 Å². The Hall–Kier alpha value is -3.16. The molecule has 8 heteroatoms. The van der Waals surface area contributed by atoms with Crippen LogP contribution in [0.1, 0.15) is 5.56 Å². The summed E-state index contributed by atoms with van der Waals surface area (Å²) in [7, 11) is 1.23. The van der Waals surface area contributed by atoms with Crippen LogP contribution in [-0.4, -0.2) is 37.5 Å². The fourth-order valence-corrected chi connectivity index (χ4v) is 1.69. The van der Waals surface area contributed by atoms with Gasteiger partial charge in [0.1, 0.15) is 11.3 Å². The Kier molecular flexibility index (Phi) is 4.52. The van der Waals surface area contributed by atoms with Crippen LogP contribution < -0.4 is 15.4 Å². The Labute approximate surface area is 125 Å². The zero-order valence-corrected chi connectivity index (χ0v) is 11.5. The summed E-state index contributed by atoms with van der Waals surface area (Å²) in [5.41, 5.74) is 0.162. The van der Waals surface area contributed by atoms with Crippen molar-refractivity contribution < 1.29 is 28.7 Å². The number of para-hydroxylation sites is 1. The van der Waals surface area contributed by atoms with E-state index in [9.17, 15) is 19.2 Å². The predicted molar refractivity (Wildman–Crippen MR) is 73.6 cm³/mol. The molecule has 2 N–H and O–H groups in total. The number of carbonyl (C=O) groups is 4. The average Bonchev–Trinajstić information content (AvgIpc) is 2.49. The SMILES string of the molecule is COC(=O)COc1ccccc1C=C1C(=O)NC(=O)NC1=O. The van der Waals surface area contributed by atoms with Crippen molar-refractivity contribution in [1.29, 1.82) is 0 Å². The lowest BCUT2D eigenvalue weighted by Crippen LogP contribution is -2.51. The lowest BCUT2D eigenvalue weighted by atomic mass is 10.1. The fourth-order valence-electron chi connectivity index (χ4n) is 1.69. The summed E-state index contributed by atoms with van der Waals surface area (Å²) < 4.78 is 9.74. The number of amides is 4. The molecule has 1 aliphatic heterocycles. The first-order chi connectivity index (χ1) is 10.5. The highest BCUT2D eigenvalue weighted by Crippen LogP contribution is 2.21. The molecule has 0 aliphatic carbocycles. The van der Waals surface area contributed by atoms with Gasteiger partial charge in [-0.3, -0.25) is 20.2 Å². The number of hydrogen-bond donors (Lipinski definition) is 2. The zero-order chi connectivity index (χ0) is 16.1. The fraction of sp³-hybridized carbons (Fsp3) is 0.143. The van der Waals surface area contributed by atoms with Gasteiger partial charge in [-0.25, -0.2) is 9.59 Å². The van der Waals surface area contributed by atoms with Crippen molar-refractivity contribution >= 4 is 29.9 Å². The molecule has 1 fully saturated rings. The summed E-state index contributed by atoms with van der Waals surface area (Å²) in [6.45, 7) is -0.312. The van der Waals surface area contributed by atoms with Gasteiger partial charge in [0, 0.05) is 5.56 Å². The number of esters is 1. The summed E-state index contributed by atoms with van der Waals surface area (Å²) in [5.74, 6) is -1.90. The summed E-state index contributed by atoms with van der Waals surface area (Å²) >= 11 is 0. The van der Waals surface area contributed by atoms with Gasteiger partial charge in [0.15, 0.2) is 6.61 Å². The first-order valence-corrected chi connectivity index (χ1v) is 6.18. The van der Waals surface area contributed by atoms with E-state index >= 15 is 0 Å². The Morgan fingerprint density at radius 3 is 2.41 bits per heavy atom. The summed E-state index contributed by atoms with van der Waals surface area (Å²) in [6, 6.07) is 5.62. The number of hydrogen-bond acceptors (Lipinski definition) is 6. The monoisotopic (exact) mass is 304 g/mol. The highest BCUT2D eigenvalue weighted by molar-refractivity contribution is 6.31. The third kappa shape index (κ3) is 3.48. The van der Waals surface area contributed by atoms with E-state index in [1.54, 1.807) is 24.3 Å². The van der Waals surface area contributed by atoms with Crippen molar-refractivity contribution in [3.05, 3.63) is 35.4 Å². The smallest absolute Gasteiger partial charge is 0.343 e. The topological polar surface area (TPSA) is 111 Å². The van der Waals surface area contributed by atoms with Crippen molar-refractivity contribution in [3.8, 4) is 5.75 Å². The second-order valence-corrected chi connectivity index (χ2v) is 4.20. The largest absolute Gasteiger partial charge is 0.481 e. The molecule has 1 heterocycles. The standard InChI is InChI=1S/C14H12N2O6/c1-21-11(17)7-22-10-5-3-2-4-8(10)6-9-12(18)15-14(20)16-13(9)19/h2-6H,7H2,1H3,(H2,15,16,18,19,20). The van der Waals surface area contributed by atoms with E-state index in [4.69, 9.17) is 4.74 Å². The zero-order valence-electron chi connectivity index (χ0n) is 11.5. The first kappa shape index (κ1) is 15.2. The first-order valence-electron chi connectivity index (χ1n) is 6.18. The number of imide groups is 2. The maximum Gasteiger partial charge on any atom is 0.343 e. The van der Waals surface area contributed by atoms with Gasteiger partial charge >= 0.3 is 12.0 Å². The molecule has 0 saturated carbocycles. The molecule has 2 rings (SSSR count). The Balaban J connectivity index is 2.27. The maximum absolute atomic E-state index is 11.7. The Morgan fingerprint density at radius 2 is 1.77 bits per heavy atom. The molecule has 0 spiro atoms. The molecule has 114 valence electrons. The van der Waals surface area contributed by atoms with Crippen LogP contribution in [0.2, 0.25) is 0 Å². The molecule has 1 aliphatic rings. The molecule has 0 radical (unpaired) electrons. The molecule has 8 nitrogen and oxygen atoms in total. The van der Waals surface area contributed by atoms with E-state index in [1.807, 2.05) is 10.6 Å². The summed E-state index contributed by atoms with van der Waals surface area (Å²) in [6.07, 6.45) is 1.27. The van der Waals surface area contributed by atoms with Gasteiger partial charge in [-0.2, -0.15) is 0 Å². The molecule has 22 heavy (non-hydrogen) atoms. The van der Waals surface area contributed by atoms with Crippen LogP contribution in [-0.2, 0) is 19.1 Å². The minimum absolute atomic E-state index is 0.242. The average molecular weight is 304 g/mol. The van der Waals surface area contributed by atoms with E-state index in [2.05, 4.69) is 4.74 Å². The minimum Gasteiger partial charge on any atom is -0.481 e. The van der Waals surface area contributed by atoms with Crippen molar-refractivity contribution in [2.75, 3.05) is 13.7 Å². The van der Waals surface area contributed by atoms with Crippen LogP contribution in [0.4, 0.5) is 4.79 Å². The third-order valence-electron chi connectivity index (χ3n) is 2.74. The quantitative estimate of drug-likeness (QED) is 0.460. The van der Waals surface area contributed by atoms with Crippen LogP contribution >= 0.6 is 0 Å². The van der Waals surface area contributed by atoms with Gasteiger partial charge in [0.05, 0.1) is 7.11 Å². The number of barbiturate groups is 1. The molecule has 0 bridgehead atoms. The lowest BCUT2D eigenvalue weighted by molar-refractivity contribution is -0.143. The second-order valence-electron chi connectivity index (χ2n) is 4.20. The molecule has 4 amide bonds. The number of benzene rings is 1. The number of urea groups is 1. The van der Waals surface area contributed by atoms with Crippen LogP contribution in [0, 0.1) is 0 Å². The number of nitrogens with one attached hydrogen (secondary N) is 2. The highest BCUT2D eigenvalue weighted by Gasteiger charge is 2.27. The number of rotatable bonds is 4. The van der Waals surface area contributed by atoms with Crippen molar-refractivity contribution in [1.82, 2.24) is 10.6 Å². The maximum atomic E-state index is 11.7. The lowest BCUT2D eigenvalue weighted by Gasteiger charge is -2.14. The number of methoxy groups -OCH3 is 1. The molecule has 1 aromatic carbocycles. The Bertz CT molecular complexity index is 658. The van der Waals surface area contributed by atoms with Gasteiger partial charge in [0.2, 0.25) is 0 Å². The number of carbonyl (C=O) groups excluding carboxylic acids is 4. The van der Waals surface area contributed by atoms with E-state index in [1.165, 1.54) is 13.2 Å². The number of ether oxygens (including phenoxy) is 2. The van der Waals surface area contributed by atoms with Gasteiger partial charge in [-0.1, -0.05) is 18.2 Å². The summed E-state index contributed by atoms with van der Waals surface area (Å²) in [4.78, 5) is 45.4. The predicted octanol–water partition coefficient (Wildman–Crippen LogP) is -0.0122. The van der Waals surface area contributed by atoms with Crippen LogP contribution in [0.5, 0.6) is 5.75 Å². The molecule has 0 atom stereocenters. The van der Waals surface area contributed by atoms with Gasteiger partial charge in [-0.05, 0) is 12.1 Å². The van der Waals surface area contributed by atoms with E-state index in [0.29, 0.717) is 5.56 Å².